The van der Waals surface area contributed by atoms with E-state index in [0.717, 1.165) is 4.31 Å². The maximum absolute atomic E-state index is 12.9. The molecule has 1 fully saturated rings. The van der Waals surface area contributed by atoms with Gasteiger partial charge in [-0.15, -0.1) is 0 Å². The number of amides is 1. The molecule has 0 saturated carbocycles. The second-order valence-corrected chi connectivity index (χ2v) is 9.09. The van der Waals surface area contributed by atoms with E-state index in [1.807, 2.05) is 0 Å². The van der Waals surface area contributed by atoms with Gasteiger partial charge in [-0.25, -0.2) is 13.8 Å². The van der Waals surface area contributed by atoms with E-state index in [9.17, 15) is 23.3 Å². The lowest BCUT2D eigenvalue weighted by Gasteiger charge is -2.22. The molecule has 1 atom stereocenters. The fraction of sp³-hybridized carbons (Fsp3) is 0.263. The third kappa shape index (κ3) is 4.66. The highest BCUT2D eigenvalue weighted by atomic mass is 35.5. The van der Waals surface area contributed by atoms with E-state index in [1.54, 1.807) is 19.1 Å². The summed E-state index contributed by atoms with van der Waals surface area (Å²) < 4.78 is 26.9. The van der Waals surface area contributed by atoms with E-state index < -0.39 is 26.9 Å². The zero-order chi connectivity index (χ0) is 21.9. The van der Waals surface area contributed by atoms with E-state index in [2.05, 4.69) is 10.5 Å². The summed E-state index contributed by atoms with van der Waals surface area (Å²) in [6, 6.07) is 9.41. The molecule has 0 bridgehead atoms. The molecule has 1 amide bonds. The van der Waals surface area contributed by atoms with Crippen LogP contribution in [0.15, 0.2) is 52.5 Å². The zero-order valence-corrected chi connectivity index (χ0v) is 17.6. The lowest BCUT2D eigenvalue weighted by Crippen LogP contribution is -2.44. The van der Waals surface area contributed by atoms with Crippen molar-refractivity contribution in [2.24, 2.45) is 5.10 Å². The Labute approximate surface area is 178 Å². The van der Waals surface area contributed by atoms with Crippen LogP contribution in [-0.2, 0) is 14.8 Å². The zero-order valence-electron chi connectivity index (χ0n) is 16.0. The molecular weight excluding hydrogens is 432 g/mol. The average molecular weight is 451 g/mol. The van der Waals surface area contributed by atoms with Gasteiger partial charge in [0.25, 0.3) is 11.6 Å². The highest BCUT2D eigenvalue weighted by Gasteiger charge is 2.39. The minimum absolute atomic E-state index is 0.0543. The van der Waals surface area contributed by atoms with Crippen molar-refractivity contribution in [3.05, 3.63) is 68.7 Å². The monoisotopic (exact) mass is 450 g/mol. The molecule has 1 aliphatic heterocycles. The first-order chi connectivity index (χ1) is 14.2. The Morgan fingerprint density at radius 2 is 2.00 bits per heavy atom. The SMILES string of the molecule is Cc1ccc(/C=N/NC(=O)C2CCCN2S(=O)(=O)c2ccc(Cl)cc2)cc1[N+](=O)[O-]. The first kappa shape index (κ1) is 21.9. The quantitative estimate of drug-likeness (QED) is 0.412. The van der Waals surface area contributed by atoms with Crippen LogP contribution in [0.4, 0.5) is 5.69 Å². The van der Waals surface area contributed by atoms with E-state index in [4.69, 9.17) is 11.6 Å². The van der Waals surface area contributed by atoms with Crippen molar-refractivity contribution in [2.45, 2.75) is 30.7 Å². The number of nitro groups is 1. The fourth-order valence-electron chi connectivity index (χ4n) is 3.18. The highest BCUT2D eigenvalue weighted by molar-refractivity contribution is 7.89. The molecule has 0 spiro atoms. The number of rotatable bonds is 6. The van der Waals surface area contributed by atoms with Crippen molar-refractivity contribution in [2.75, 3.05) is 6.54 Å². The summed E-state index contributed by atoms with van der Waals surface area (Å²) in [4.78, 5) is 23.1. The van der Waals surface area contributed by atoms with Gasteiger partial charge in [-0.2, -0.15) is 9.41 Å². The molecule has 158 valence electrons. The summed E-state index contributed by atoms with van der Waals surface area (Å²) in [6.07, 6.45) is 2.18. The van der Waals surface area contributed by atoms with Crippen LogP contribution in [0.3, 0.4) is 0 Å². The Hall–Kier alpha value is -2.82. The molecule has 11 heteroatoms. The van der Waals surface area contributed by atoms with E-state index in [0.29, 0.717) is 29.0 Å². The molecule has 0 aromatic heterocycles. The van der Waals surface area contributed by atoms with Crippen molar-refractivity contribution in [1.29, 1.82) is 0 Å². The first-order valence-electron chi connectivity index (χ1n) is 9.05. The second-order valence-electron chi connectivity index (χ2n) is 6.76. The van der Waals surface area contributed by atoms with Gasteiger partial charge < -0.3 is 0 Å². The summed E-state index contributed by atoms with van der Waals surface area (Å²) >= 11 is 5.82. The number of carbonyl (C=O) groups is 1. The highest BCUT2D eigenvalue weighted by Crippen LogP contribution is 2.27. The van der Waals surface area contributed by atoms with Gasteiger partial charge in [-0.1, -0.05) is 23.7 Å². The largest absolute Gasteiger partial charge is 0.272 e. The lowest BCUT2D eigenvalue weighted by molar-refractivity contribution is -0.385. The second kappa shape index (κ2) is 8.90. The summed E-state index contributed by atoms with van der Waals surface area (Å²) in [5.74, 6) is -0.567. The minimum Gasteiger partial charge on any atom is -0.271 e. The number of hydrogen-bond acceptors (Lipinski definition) is 6. The molecule has 1 saturated heterocycles. The van der Waals surface area contributed by atoms with Gasteiger partial charge in [-0.05, 0) is 44.0 Å². The Morgan fingerprint density at radius 3 is 2.67 bits per heavy atom. The van der Waals surface area contributed by atoms with Gasteiger partial charge in [0.1, 0.15) is 6.04 Å². The van der Waals surface area contributed by atoms with Crippen LogP contribution in [0.1, 0.15) is 24.0 Å². The summed E-state index contributed by atoms with van der Waals surface area (Å²) in [5.41, 5.74) is 3.22. The van der Waals surface area contributed by atoms with E-state index in [-0.39, 0.29) is 17.1 Å². The van der Waals surface area contributed by atoms with Crippen molar-refractivity contribution in [3.63, 3.8) is 0 Å². The summed E-state index contributed by atoms with van der Waals surface area (Å²) in [5, 5.41) is 15.3. The van der Waals surface area contributed by atoms with Gasteiger partial charge in [0.2, 0.25) is 10.0 Å². The van der Waals surface area contributed by atoms with E-state index >= 15 is 0 Å². The molecule has 9 nitrogen and oxygen atoms in total. The number of nitro benzene ring substituents is 1. The summed E-state index contributed by atoms with van der Waals surface area (Å²) in [7, 11) is -3.86. The van der Waals surface area contributed by atoms with Crippen molar-refractivity contribution in [3.8, 4) is 0 Å². The number of halogens is 1. The molecule has 1 aliphatic rings. The molecule has 3 rings (SSSR count). The van der Waals surface area contributed by atoms with Crippen molar-refractivity contribution in [1.82, 2.24) is 9.73 Å². The number of benzene rings is 2. The van der Waals surface area contributed by atoms with Crippen LogP contribution >= 0.6 is 11.6 Å². The lowest BCUT2D eigenvalue weighted by atomic mass is 10.1. The number of nitrogens with one attached hydrogen (secondary N) is 1. The Bertz CT molecular complexity index is 1100. The maximum atomic E-state index is 12.9. The van der Waals surface area contributed by atoms with Crippen LogP contribution in [0.2, 0.25) is 5.02 Å². The van der Waals surface area contributed by atoms with Gasteiger partial charge in [-0.3, -0.25) is 14.9 Å². The Balaban J connectivity index is 1.72. The molecule has 0 aliphatic carbocycles. The average Bonchev–Trinajstić information content (AvgIpc) is 3.20. The molecule has 1 N–H and O–H groups in total. The normalized spacial score (nSPS) is 17.3. The number of sulfonamides is 1. The predicted octanol–water partition coefficient (Wildman–Crippen LogP) is 2.86. The van der Waals surface area contributed by atoms with Gasteiger partial charge in [0.15, 0.2) is 0 Å². The maximum Gasteiger partial charge on any atom is 0.272 e. The molecular formula is C19H19ClN4O5S. The van der Waals surface area contributed by atoms with Gasteiger partial charge >= 0.3 is 0 Å². The molecule has 2 aromatic rings. The number of hydrogen-bond donors (Lipinski definition) is 1. The fourth-order valence-corrected chi connectivity index (χ4v) is 4.96. The van der Waals surface area contributed by atoms with E-state index in [1.165, 1.54) is 36.5 Å². The standard InChI is InChI=1S/C19H19ClN4O5S/c1-13-4-5-14(11-18(13)24(26)27)12-21-22-19(25)17-3-2-10-23(17)30(28,29)16-8-6-15(20)7-9-16/h4-9,11-12,17H,2-3,10H2,1H3,(H,22,25)/b21-12+. The summed E-state index contributed by atoms with van der Waals surface area (Å²) in [6.45, 7) is 1.84. The van der Waals surface area contributed by atoms with Crippen molar-refractivity contribution >= 4 is 39.4 Å². The Kier molecular flexibility index (Phi) is 6.49. The first-order valence-corrected chi connectivity index (χ1v) is 10.9. The van der Waals surface area contributed by atoms with Crippen LogP contribution in [-0.4, -0.2) is 42.4 Å². The third-order valence-electron chi connectivity index (χ3n) is 4.74. The van der Waals surface area contributed by atoms with Crippen LogP contribution in [0, 0.1) is 17.0 Å². The Morgan fingerprint density at radius 1 is 1.30 bits per heavy atom. The molecule has 2 aromatic carbocycles. The van der Waals surface area contributed by atoms with Crippen LogP contribution < -0.4 is 5.43 Å². The molecule has 1 heterocycles. The van der Waals surface area contributed by atoms with Crippen molar-refractivity contribution < 1.29 is 18.1 Å². The molecule has 0 radical (unpaired) electrons. The van der Waals surface area contributed by atoms with Gasteiger partial charge in [0, 0.05) is 28.8 Å². The number of nitrogens with zero attached hydrogens (tertiary/aromatic N) is 3. The third-order valence-corrected chi connectivity index (χ3v) is 6.92. The molecule has 30 heavy (non-hydrogen) atoms. The predicted molar refractivity (Wildman–Crippen MR) is 112 cm³/mol. The molecule has 1 unspecified atom stereocenters. The van der Waals surface area contributed by atoms with Crippen LogP contribution in [0.25, 0.3) is 0 Å². The topological polar surface area (TPSA) is 122 Å². The number of carbonyl (C=O) groups excluding carboxylic acids is 1. The number of hydrazone groups is 1. The van der Waals surface area contributed by atoms with Crippen LogP contribution in [0.5, 0.6) is 0 Å². The van der Waals surface area contributed by atoms with Gasteiger partial charge in [0.05, 0.1) is 16.0 Å². The smallest absolute Gasteiger partial charge is 0.271 e. The number of aryl methyl sites for hydroxylation is 1. The minimum atomic E-state index is -3.86.